The quantitative estimate of drug-likeness (QED) is 0.602. The molecule has 2 unspecified atom stereocenters. The Morgan fingerprint density at radius 3 is 3.00 bits per heavy atom. The number of hydrogen-bond donors (Lipinski definition) is 2. The van der Waals surface area contributed by atoms with Crippen molar-refractivity contribution in [2.24, 2.45) is 11.7 Å². The van der Waals surface area contributed by atoms with E-state index in [9.17, 15) is 0 Å². The first-order valence-electron chi connectivity index (χ1n) is 6.35. The third-order valence-electron chi connectivity index (χ3n) is 3.12. The van der Waals surface area contributed by atoms with Crippen LogP contribution in [-0.4, -0.2) is 32.3 Å². The molecule has 1 aliphatic heterocycles. The zero-order chi connectivity index (χ0) is 10.9. The van der Waals surface area contributed by atoms with Gasteiger partial charge in [0, 0.05) is 6.61 Å². The number of hydrogen-bond acceptors (Lipinski definition) is 3. The first-order chi connectivity index (χ1) is 7.33. The van der Waals surface area contributed by atoms with Crippen LogP contribution in [0, 0.1) is 5.92 Å². The zero-order valence-electron chi connectivity index (χ0n) is 10.0. The second-order valence-corrected chi connectivity index (χ2v) is 4.66. The Labute approximate surface area is 93.8 Å². The molecule has 3 heteroatoms. The summed E-state index contributed by atoms with van der Waals surface area (Å²) in [4.78, 5) is 0. The van der Waals surface area contributed by atoms with Crippen molar-refractivity contribution in [3.63, 3.8) is 0 Å². The van der Waals surface area contributed by atoms with Gasteiger partial charge in [0.2, 0.25) is 0 Å². The van der Waals surface area contributed by atoms with Crippen molar-refractivity contribution in [2.75, 3.05) is 26.2 Å². The van der Waals surface area contributed by atoms with Gasteiger partial charge in [-0.3, -0.25) is 0 Å². The van der Waals surface area contributed by atoms with Gasteiger partial charge in [-0.1, -0.05) is 6.92 Å². The van der Waals surface area contributed by atoms with Crippen LogP contribution in [0.4, 0.5) is 0 Å². The van der Waals surface area contributed by atoms with Gasteiger partial charge >= 0.3 is 0 Å². The van der Waals surface area contributed by atoms with Crippen LogP contribution in [0.25, 0.3) is 0 Å². The van der Waals surface area contributed by atoms with E-state index in [4.69, 9.17) is 10.5 Å². The summed E-state index contributed by atoms with van der Waals surface area (Å²) in [6.07, 6.45) is 6.69. The van der Waals surface area contributed by atoms with Crippen LogP contribution in [-0.2, 0) is 4.74 Å². The fourth-order valence-electron chi connectivity index (χ4n) is 1.95. The number of ether oxygens (including phenoxy) is 1. The summed E-state index contributed by atoms with van der Waals surface area (Å²) >= 11 is 0. The lowest BCUT2D eigenvalue weighted by Gasteiger charge is -2.11. The Morgan fingerprint density at radius 2 is 2.33 bits per heavy atom. The second kappa shape index (κ2) is 8.08. The molecule has 0 aromatic heterocycles. The smallest absolute Gasteiger partial charge is 0.0588 e. The van der Waals surface area contributed by atoms with E-state index in [1.54, 1.807) is 0 Å². The minimum absolute atomic E-state index is 0.528. The third-order valence-corrected chi connectivity index (χ3v) is 3.12. The van der Waals surface area contributed by atoms with Gasteiger partial charge in [0.15, 0.2) is 0 Å². The summed E-state index contributed by atoms with van der Waals surface area (Å²) in [5.74, 6) is 0.671. The molecule has 0 saturated carbocycles. The SMILES string of the molecule is CC(CN)CCCNCCC1CCCO1. The molecule has 3 N–H and O–H groups in total. The van der Waals surface area contributed by atoms with Gasteiger partial charge in [-0.15, -0.1) is 0 Å². The lowest BCUT2D eigenvalue weighted by atomic mass is 10.1. The lowest BCUT2D eigenvalue weighted by molar-refractivity contribution is 0.104. The Morgan fingerprint density at radius 1 is 1.47 bits per heavy atom. The van der Waals surface area contributed by atoms with Gasteiger partial charge in [-0.2, -0.15) is 0 Å². The van der Waals surface area contributed by atoms with Crippen molar-refractivity contribution in [3.05, 3.63) is 0 Å². The first kappa shape index (κ1) is 12.9. The second-order valence-electron chi connectivity index (χ2n) is 4.66. The third kappa shape index (κ3) is 6.13. The normalized spacial score (nSPS) is 23.2. The standard InChI is InChI=1S/C12H26N2O/c1-11(10-13)4-2-7-14-8-6-12-5-3-9-15-12/h11-12,14H,2-10,13H2,1H3. The lowest BCUT2D eigenvalue weighted by Crippen LogP contribution is -2.22. The molecule has 15 heavy (non-hydrogen) atoms. The molecule has 1 rings (SSSR count). The Kier molecular flexibility index (Phi) is 6.98. The topological polar surface area (TPSA) is 47.3 Å². The monoisotopic (exact) mass is 214 g/mol. The molecule has 3 nitrogen and oxygen atoms in total. The molecule has 2 atom stereocenters. The highest BCUT2D eigenvalue weighted by Gasteiger charge is 2.14. The summed E-state index contributed by atoms with van der Waals surface area (Å²) < 4.78 is 5.56. The van der Waals surface area contributed by atoms with Crippen molar-refractivity contribution in [3.8, 4) is 0 Å². The zero-order valence-corrected chi connectivity index (χ0v) is 10.0. The van der Waals surface area contributed by atoms with Crippen LogP contribution in [0.1, 0.15) is 39.0 Å². The van der Waals surface area contributed by atoms with Crippen LogP contribution in [0.5, 0.6) is 0 Å². The van der Waals surface area contributed by atoms with Gasteiger partial charge in [-0.25, -0.2) is 0 Å². The molecule has 1 saturated heterocycles. The van der Waals surface area contributed by atoms with Gasteiger partial charge in [-0.05, 0) is 57.7 Å². The minimum atomic E-state index is 0.528. The van der Waals surface area contributed by atoms with E-state index in [0.717, 1.165) is 26.2 Å². The fraction of sp³-hybridized carbons (Fsp3) is 1.00. The molecular weight excluding hydrogens is 188 g/mol. The van der Waals surface area contributed by atoms with E-state index in [0.29, 0.717) is 12.0 Å². The maximum Gasteiger partial charge on any atom is 0.0588 e. The van der Waals surface area contributed by atoms with Gasteiger partial charge < -0.3 is 15.8 Å². The molecule has 0 aromatic rings. The summed E-state index contributed by atoms with van der Waals surface area (Å²) in [7, 11) is 0. The molecule has 1 aliphatic rings. The molecule has 90 valence electrons. The largest absolute Gasteiger partial charge is 0.378 e. The highest BCUT2D eigenvalue weighted by Crippen LogP contribution is 2.14. The highest BCUT2D eigenvalue weighted by atomic mass is 16.5. The van der Waals surface area contributed by atoms with Crippen LogP contribution < -0.4 is 11.1 Å². The van der Waals surface area contributed by atoms with Gasteiger partial charge in [0.05, 0.1) is 6.10 Å². The van der Waals surface area contributed by atoms with Crippen molar-refractivity contribution in [1.82, 2.24) is 5.32 Å². The molecule has 1 fully saturated rings. The Hall–Kier alpha value is -0.120. The number of nitrogens with two attached hydrogens (primary N) is 1. The molecule has 1 heterocycles. The Bertz CT molecular complexity index is 147. The predicted molar refractivity (Wildman–Crippen MR) is 63.9 cm³/mol. The average Bonchev–Trinajstić information content (AvgIpc) is 2.75. The summed E-state index contributed by atoms with van der Waals surface area (Å²) in [6, 6.07) is 0. The predicted octanol–water partition coefficient (Wildman–Crippen LogP) is 1.52. The molecule has 0 spiro atoms. The van der Waals surface area contributed by atoms with E-state index in [-0.39, 0.29) is 0 Å². The van der Waals surface area contributed by atoms with Crippen LogP contribution in [0.3, 0.4) is 0 Å². The van der Waals surface area contributed by atoms with Crippen LogP contribution in [0.15, 0.2) is 0 Å². The van der Waals surface area contributed by atoms with Gasteiger partial charge in [0.1, 0.15) is 0 Å². The Balaban J connectivity index is 1.80. The first-order valence-corrected chi connectivity index (χ1v) is 6.35. The van der Waals surface area contributed by atoms with E-state index in [2.05, 4.69) is 12.2 Å². The van der Waals surface area contributed by atoms with E-state index < -0.39 is 0 Å². The van der Waals surface area contributed by atoms with E-state index in [1.165, 1.54) is 32.1 Å². The molecule has 0 radical (unpaired) electrons. The maximum atomic E-state index is 5.56. The minimum Gasteiger partial charge on any atom is -0.378 e. The van der Waals surface area contributed by atoms with Crippen LogP contribution in [0.2, 0.25) is 0 Å². The molecular formula is C12H26N2O. The number of rotatable bonds is 8. The molecule has 0 amide bonds. The highest BCUT2D eigenvalue weighted by molar-refractivity contribution is 4.66. The molecule has 0 aliphatic carbocycles. The fourth-order valence-corrected chi connectivity index (χ4v) is 1.95. The van der Waals surface area contributed by atoms with Crippen LogP contribution >= 0.6 is 0 Å². The molecule has 0 aromatic carbocycles. The van der Waals surface area contributed by atoms with Crippen molar-refractivity contribution in [2.45, 2.75) is 45.1 Å². The van der Waals surface area contributed by atoms with E-state index >= 15 is 0 Å². The van der Waals surface area contributed by atoms with Crippen molar-refractivity contribution < 1.29 is 4.74 Å². The van der Waals surface area contributed by atoms with E-state index in [1.807, 2.05) is 0 Å². The van der Waals surface area contributed by atoms with Crippen molar-refractivity contribution in [1.29, 1.82) is 0 Å². The average molecular weight is 214 g/mol. The summed E-state index contributed by atoms with van der Waals surface area (Å²) in [5.41, 5.74) is 5.56. The van der Waals surface area contributed by atoms with Gasteiger partial charge in [0.25, 0.3) is 0 Å². The number of nitrogens with one attached hydrogen (secondary N) is 1. The summed E-state index contributed by atoms with van der Waals surface area (Å²) in [6.45, 7) is 6.22. The van der Waals surface area contributed by atoms with Crippen molar-refractivity contribution >= 4 is 0 Å². The summed E-state index contributed by atoms with van der Waals surface area (Å²) in [5, 5.41) is 3.47. The molecule has 0 bridgehead atoms. The maximum absolute atomic E-state index is 5.56.